The number of unbranched alkanes of at least 4 members (excludes halogenated alkanes) is 21. The Morgan fingerprint density at radius 1 is 0.351 bits per heavy atom. The molecule has 3 rings (SSSR count). The van der Waals surface area contributed by atoms with Crippen LogP contribution in [0.25, 0.3) is 0 Å². The molecule has 77 heavy (non-hydrogen) atoms. The minimum atomic E-state index is -5.39. The minimum absolute atomic E-state index is 0. The molecule has 0 saturated heterocycles. The standard InChI is InChI=1S/3C15H23.3C8H17.3Nd.H3O4P/c3*1-2-3-4-5-6-7-9-12-15-13-10-8-11-14-15;3*1-4-6-7-8(3)5-2;;;;1-5(2,3)4/h3*8,10-11,13H,2-7,9,12H2,1H3;3*8H,3-7H2,1-2H3;;;;(H3,1,2,3,4)/q6*-1;3*+3;/p-3. The maximum absolute atomic E-state index is 8.55. The summed E-state index contributed by atoms with van der Waals surface area (Å²) in [5, 5.41) is 0. The van der Waals surface area contributed by atoms with Gasteiger partial charge in [-0.25, -0.2) is 0 Å². The van der Waals surface area contributed by atoms with Crippen molar-refractivity contribution < 1.29 is 142 Å². The zero-order valence-corrected chi connectivity index (χ0v) is 62.3. The monoisotopic (exact) mass is 1470 g/mol. The second-order valence-corrected chi connectivity index (χ2v) is 21.4. The molecule has 3 aromatic rings. The Kier molecular flexibility index (Phi) is 93.5. The van der Waals surface area contributed by atoms with E-state index in [-0.39, 0.29) is 123 Å². The maximum Gasteiger partial charge on any atom is 3.00 e. The second kappa shape index (κ2) is 77.8. The van der Waals surface area contributed by atoms with E-state index in [9.17, 15) is 0 Å². The van der Waals surface area contributed by atoms with Gasteiger partial charge in [-0.3, -0.25) is 0 Å². The van der Waals surface area contributed by atoms with Gasteiger partial charge in [0.1, 0.15) is 0 Å². The van der Waals surface area contributed by atoms with Gasteiger partial charge < -0.3 is 40.0 Å². The van der Waals surface area contributed by atoms with Crippen LogP contribution in [0.1, 0.15) is 291 Å². The molecule has 3 aromatic carbocycles. The van der Waals surface area contributed by atoms with Gasteiger partial charge in [-0.15, -0.1) is 0 Å². The molecule has 3 atom stereocenters. The van der Waals surface area contributed by atoms with E-state index in [2.05, 4.69) is 138 Å². The Hall–Kier alpha value is 1.82. The molecule has 0 spiro atoms. The minimum Gasteiger partial charge on any atom is -0.822 e. The molecule has 4 nitrogen and oxygen atoms in total. The van der Waals surface area contributed by atoms with Crippen LogP contribution in [0.4, 0.5) is 0 Å². The quantitative estimate of drug-likeness (QED) is 0.0330. The van der Waals surface area contributed by atoms with Gasteiger partial charge in [-0.05, 0) is 0 Å². The van der Waals surface area contributed by atoms with E-state index in [4.69, 9.17) is 19.2 Å². The first-order valence-electron chi connectivity index (χ1n) is 30.8. The summed E-state index contributed by atoms with van der Waals surface area (Å²) in [6.07, 6.45) is 48.4. The van der Waals surface area contributed by atoms with Crippen LogP contribution in [0.5, 0.6) is 0 Å². The molecule has 0 aliphatic heterocycles. The molecular formula is C69H120Nd3O4P. The fourth-order valence-electron chi connectivity index (χ4n) is 7.67. The van der Waals surface area contributed by atoms with Crippen molar-refractivity contribution in [3.63, 3.8) is 0 Å². The van der Waals surface area contributed by atoms with Gasteiger partial charge in [0.05, 0.1) is 0 Å². The summed E-state index contributed by atoms with van der Waals surface area (Å²) in [5.41, 5.74) is 4.10. The van der Waals surface area contributed by atoms with Gasteiger partial charge in [-0.1, -0.05) is 293 Å². The third-order valence-electron chi connectivity index (χ3n) is 13.1. The summed E-state index contributed by atoms with van der Waals surface area (Å²) in [7, 11) is -5.39. The van der Waals surface area contributed by atoms with Crippen LogP contribution >= 0.6 is 7.82 Å². The maximum atomic E-state index is 8.55. The molecule has 0 bridgehead atoms. The number of benzene rings is 3. The van der Waals surface area contributed by atoms with Crippen molar-refractivity contribution in [2.75, 3.05) is 0 Å². The van der Waals surface area contributed by atoms with E-state index in [1.807, 2.05) is 36.4 Å². The summed E-state index contributed by atoms with van der Waals surface area (Å²) in [6, 6.07) is 34.8. The van der Waals surface area contributed by atoms with Crippen molar-refractivity contribution in [2.24, 2.45) is 17.8 Å². The first-order chi connectivity index (χ1) is 35.7. The predicted octanol–water partition coefficient (Wildman–Crippen LogP) is 20.6. The van der Waals surface area contributed by atoms with Gasteiger partial charge in [0.25, 0.3) is 0 Å². The molecule has 0 heterocycles. The van der Waals surface area contributed by atoms with Crippen molar-refractivity contribution in [1.82, 2.24) is 0 Å². The number of rotatable bonds is 36. The molecule has 437 valence electrons. The van der Waals surface area contributed by atoms with E-state index < -0.39 is 7.82 Å². The predicted molar refractivity (Wildman–Crippen MR) is 325 cm³/mol. The molecule has 0 aromatic heterocycles. The van der Waals surface area contributed by atoms with Crippen LogP contribution < -0.4 is 14.7 Å². The Balaban J connectivity index is -0.000000152. The van der Waals surface area contributed by atoms with Crippen molar-refractivity contribution in [1.29, 1.82) is 0 Å². The van der Waals surface area contributed by atoms with Crippen molar-refractivity contribution in [2.45, 2.75) is 293 Å². The van der Waals surface area contributed by atoms with Gasteiger partial charge in [0.2, 0.25) is 0 Å². The normalized spacial score (nSPS) is 11.2. The number of hydrogen-bond donors (Lipinski definition) is 0. The molecule has 0 aliphatic carbocycles. The molecule has 3 unspecified atom stereocenters. The summed E-state index contributed by atoms with van der Waals surface area (Å²) in [5.74, 6) is 2.11. The van der Waals surface area contributed by atoms with E-state index in [1.54, 1.807) is 0 Å². The summed E-state index contributed by atoms with van der Waals surface area (Å²) in [4.78, 5) is 25.6. The zero-order valence-electron chi connectivity index (χ0n) is 51.8. The Labute approximate surface area is 581 Å². The molecular weight excluding hydrogens is 1360 g/mol. The summed E-state index contributed by atoms with van der Waals surface area (Å²) >= 11 is 0. The SMILES string of the molecule is CCCCCCCCCc1[c-]cccc1.CCCCCCCCCc1[c-]cccc1.CCCCCCCCCc1[c-]cccc1.O=P([O-])([O-])[O-].[CH2-]C(CC)CCCC.[CH2-]C(CC)CCCC.[CH2-]C(CC)CCCC.[Nd+3].[Nd+3].[Nd+3]. The third-order valence-corrected chi connectivity index (χ3v) is 13.1. The van der Waals surface area contributed by atoms with Crippen molar-refractivity contribution in [3.05, 3.63) is 128 Å². The Morgan fingerprint density at radius 2 is 0.545 bits per heavy atom. The molecule has 0 aliphatic rings. The topological polar surface area (TPSA) is 86.2 Å². The molecule has 0 N–H and O–H groups in total. The van der Waals surface area contributed by atoms with E-state index in [0.717, 1.165) is 0 Å². The first kappa shape index (κ1) is 92.5. The fraction of sp³-hybridized carbons (Fsp3) is 0.696. The van der Waals surface area contributed by atoms with Crippen LogP contribution in [0.3, 0.4) is 0 Å². The largest absolute Gasteiger partial charge is 3.00 e. The van der Waals surface area contributed by atoms with E-state index in [0.29, 0.717) is 17.8 Å². The Bertz CT molecular complexity index is 1290. The van der Waals surface area contributed by atoms with Crippen LogP contribution in [-0.2, 0) is 23.8 Å². The zero-order chi connectivity index (χ0) is 56.0. The third kappa shape index (κ3) is 89.2. The van der Waals surface area contributed by atoms with E-state index in [1.165, 1.54) is 248 Å². The summed E-state index contributed by atoms with van der Waals surface area (Å²) < 4.78 is 8.55. The molecule has 0 fully saturated rings. The smallest absolute Gasteiger partial charge is 0.822 e. The average Bonchev–Trinajstić information content (AvgIpc) is 3.41. The first-order valence-corrected chi connectivity index (χ1v) is 32.3. The number of aryl methyl sites for hydroxylation is 3. The van der Waals surface area contributed by atoms with E-state index >= 15 is 0 Å². The number of hydrogen-bond acceptors (Lipinski definition) is 4. The molecule has 8 heteroatoms. The van der Waals surface area contributed by atoms with Gasteiger partial charge >= 0.3 is 123 Å². The van der Waals surface area contributed by atoms with Crippen LogP contribution in [0.15, 0.2) is 72.8 Å². The number of phosphoric acid groups is 1. The molecule has 3 radical (unpaired) electrons. The van der Waals surface area contributed by atoms with Crippen LogP contribution in [0, 0.1) is 179 Å². The van der Waals surface area contributed by atoms with Gasteiger partial charge in [0.15, 0.2) is 0 Å². The average molecular weight is 1480 g/mol. The van der Waals surface area contributed by atoms with Crippen molar-refractivity contribution >= 4 is 7.82 Å². The second-order valence-electron chi connectivity index (χ2n) is 20.5. The van der Waals surface area contributed by atoms with Crippen LogP contribution in [-0.4, -0.2) is 0 Å². The molecule has 0 amide bonds. The van der Waals surface area contributed by atoms with Gasteiger partial charge in [0, 0.05) is 0 Å². The molecule has 0 saturated carbocycles. The summed E-state index contributed by atoms with van der Waals surface area (Å²) in [6.45, 7) is 32.1. The van der Waals surface area contributed by atoms with Gasteiger partial charge in [-0.2, -0.15) is 133 Å². The van der Waals surface area contributed by atoms with Crippen LogP contribution in [0.2, 0.25) is 0 Å². The fourth-order valence-corrected chi connectivity index (χ4v) is 7.67. The Morgan fingerprint density at radius 3 is 0.714 bits per heavy atom. The van der Waals surface area contributed by atoms with Crippen molar-refractivity contribution in [3.8, 4) is 0 Å².